The Morgan fingerprint density at radius 1 is 1.50 bits per heavy atom. The van der Waals surface area contributed by atoms with E-state index >= 15 is 0 Å². The lowest BCUT2D eigenvalue weighted by atomic mass is 10.7. The van der Waals surface area contributed by atoms with E-state index in [1.165, 1.54) is 11.8 Å². The van der Waals surface area contributed by atoms with Crippen molar-refractivity contribution in [2.45, 2.75) is 5.16 Å². The first-order valence-corrected chi connectivity index (χ1v) is 3.38. The van der Waals surface area contributed by atoms with E-state index in [9.17, 15) is 0 Å². The molecule has 41 valence electrons. The maximum Gasteiger partial charge on any atom is 0.187 e. The van der Waals surface area contributed by atoms with Crippen LogP contribution in [0.25, 0.3) is 0 Å². The predicted molar refractivity (Wildman–Crippen MR) is 32.6 cm³/mol. The first-order chi connectivity index (χ1) is 3.93. The molecule has 2 nitrogen and oxygen atoms in total. The van der Waals surface area contributed by atoms with Crippen molar-refractivity contribution in [2.24, 2.45) is 0 Å². The van der Waals surface area contributed by atoms with Crippen molar-refractivity contribution < 1.29 is 0 Å². The first-order valence-electron chi connectivity index (χ1n) is 2.15. The van der Waals surface area contributed by atoms with E-state index in [2.05, 4.69) is 16.0 Å². The monoisotopic (exact) mass is 125 g/mol. The molecule has 1 radical (unpaired) electrons. The van der Waals surface area contributed by atoms with Crippen molar-refractivity contribution in [3.05, 3.63) is 18.5 Å². The van der Waals surface area contributed by atoms with E-state index in [0.717, 1.165) is 5.16 Å². The molecule has 0 N–H and O–H groups in total. The van der Waals surface area contributed by atoms with Crippen molar-refractivity contribution in [3.8, 4) is 0 Å². The van der Waals surface area contributed by atoms with Crippen LogP contribution in [0.1, 0.15) is 0 Å². The average molecular weight is 125 g/mol. The van der Waals surface area contributed by atoms with E-state index in [0.29, 0.717) is 0 Å². The summed E-state index contributed by atoms with van der Waals surface area (Å²) >= 11 is 1.53. The van der Waals surface area contributed by atoms with E-state index < -0.39 is 0 Å². The zero-order valence-corrected chi connectivity index (χ0v) is 5.27. The summed E-state index contributed by atoms with van der Waals surface area (Å²) in [5, 5.41) is 0.795. The first kappa shape index (κ1) is 5.56. The Morgan fingerprint density at radius 3 is 2.50 bits per heavy atom. The number of hydrogen-bond acceptors (Lipinski definition) is 3. The van der Waals surface area contributed by atoms with Crippen LogP contribution in [0.15, 0.2) is 17.6 Å². The molecule has 1 aromatic rings. The van der Waals surface area contributed by atoms with Crippen molar-refractivity contribution in [3.63, 3.8) is 0 Å². The van der Waals surface area contributed by atoms with Gasteiger partial charge < -0.3 is 0 Å². The highest BCUT2D eigenvalue weighted by Crippen LogP contribution is 2.02. The van der Waals surface area contributed by atoms with E-state index in [4.69, 9.17) is 0 Å². The molecule has 1 aromatic heterocycles. The average Bonchev–Trinajstić information content (AvgIpc) is 1.90. The van der Waals surface area contributed by atoms with Crippen molar-refractivity contribution in [1.29, 1.82) is 0 Å². The van der Waals surface area contributed by atoms with E-state index in [1.54, 1.807) is 12.4 Å². The second-order valence-electron chi connectivity index (χ2n) is 1.17. The maximum absolute atomic E-state index is 3.89. The van der Waals surface area contributed by atoms with Crippen LogP contribution in [-0.4, -0.2) is 16.2 Å². The van der Waals surface area contributed by atoms with Crippen LogP contribution in [0, 0.1) is 6.07 Å². The van der Waals surface area contributed by atoms with Gasteiger partial charge in [0.1, 0.15) is 0 Å². The zero-order valence-electron chi connectivity index (χ0n) is 4.46. The highest BCUT2D eigenvalue weighted by Gasteiger charge is 1.84. The van der Waals surface area contributed by atoms with Gasteiger partial charge in [0.05, 0.1) is 0 Å². The molecule has 8 heavy (non-hydrogen) atoms. The second kappa shape index (κ2) is 2.67. The number of rotatable bonds is 1. The van der Waals surface area contributed by atoms with Gasteiger partial charge in [-0.25, -0.2) is 9.97 Å². The summed E-state index contributed by atoms with van der Waals surface area (Å²) in [6.07, 6.45) is 5.16. The SMILES string of the molecule is CSc1nc[c]cn1. The van der Waals surface area contributed by atoms with Crippen LogP contribution >= 0.6 is 11.8 Å². The van der Waals surface area contributed by atoms with Crippen LogP contribution in [0.4, 0.5) is 0 Å². The summed E-state index contributed by atoms with van der Waals surface area (Å²) in [7, 11) is 0. The third kappa shape index (κ3) is 1.20. The molecule has 0 aliphatic carbocycles. The van der Waals surface area contributed by atoms with Crippen LogP contribution in [0.2, 0.25) is 0 Å². The topological polar surface area (TPSA) is 25.8 Å². The van der Waals surface area contributed by atoms with Crippen LogP contribution in [-0.2, 0) is 0 Å². The number of aromatic nitrogens is 2. The van der Waals surface area contributed by atoms with E-state index in [1.807, 2.05) is 6.26 Å². The Kier molecular flexibility index (Phi) is 1.86. The Morgan fingerprint density at radius 2 is 2.12 bits per heavy atom. The summed E-state index contributed by atoms with van der Waals surface area (Å²) in [4.78, 5) is 7.79. The highest BCUT2D eigenvalue weighted by atomic mass is 32.2. The van der Waals surface area contributed by atoms with Crippen molar-refractivity contribution >= 4 is 11.8 Å². The van der Waals surface area contributed by atoms with Gasteiger partial charge in [0, 0.05) is 18.5 Å². The molecule has 3 heteroatoms. The molecule has 0 bridgehead atoms. The Balaban J connectivity index is 2.83. The van der Waals surface area contributed by atoms with Gasteiger partial charge in [-0.15, -0.1) is 0 Å². The van der Waals surface area contributed by atoms with Gasteiger partial charge in [-0.2, -0.15) is 0 Å². The van der Waals surface area contributed by atoms with Crippen LogP contribution in [0.5, 0.6) is 0 Å². The molecule has 0 spiro atoms. The second-order valence-corrected chi connectivity index (χ2v) is 1.94. The summed E-state index contributed by atoms with van der Waals surface area (Å²) in [5.41, 5.74) is 0. The number of hydrogen-bond donors (Lipinski definition) is 0. The molecule has 0 aliphatic rings. The maximum atomic E-state index is 3.89. The quantitative estimate of drug-likeness (QED) is 0.413. The lowest BCUT2D eigenvalue weighted by Gasteiger charge is -1.86. The Labute approximate surface area is 52.4 Å². The number of thioether (sulfide) groups is 1. The van der Waals surface area contributed by atoms with Gasteiger partial charge in [0.2, 0.25) is 0 Å². The fourth-order valence-electron chi connectivity index (χ4n) is 0.357. The molecular formula is C5H5N2S. The summed E-state index contributed by atoms with van der Waals surface area (Å²) in [5.74, 6) is 0. The molecule has 0 saturated heterocycles. The molecule has 1 heterocycles. The zero-order chi connectivity index (χ0) is 5.82. The molecule has 1 rings (SSSR count). The number of nitrogens with zero attached hydrogens (tertiary/aromatic N) is 2. The third-order valence-electron chi connectivity index (χ3n) is 0.682. The fraction of sp³-hybridized carbons (Fsp3) is 0.200. The van der Waals surface area contributed by atoms with Crippen molar-refractivity contribution in [2.75, 3.05) is 6.26 Å². The fourth-order valence-corrected chi connectivity index (χ4v) is 0.673. The summed E-state index contributed by atoms with van der Waals surface area (Å²) in [6, 6.07) is 2.73. The minimum atomic E-state index is 0.795. The summed E-state index contributed by atoms with van der Waals surface area (Å²) in [6.45, 7) is 0. The summed E-state index contributed by atoms with van der Waals surface area (Å²) < 4.78 is 0. The van der Waals surface area contributed by atoms with Crippen molar-refractivity contribution in [1.82, 2.24) is 9.97 Å². The lowest BCUT2D eigenvalue weighted by Crippen LogP contribution is -1.79. The van der Waals surface area contributed by atoms with Gasteiger partial charge >= 0.3 is 0 Å². The molecule has 0 atom stereocenters. The van der Waals surface area contributed by atoms with Crippen LogP contribution in [0.3, 0.4) is 0 Å². The minimum Gasteiger partial charge on any atom is -0.230 e. The molecule has 0 saturated carbocycles. The molecule has 0 fully saturated rings. The molecule has 0 aromatic carbocycles. The van der Waals surface area contributed by atoms with Gasteiger partial charge in [-0.05, 0) is 6.26 Å². The van der Waals surface area contributed by atoms with Gasteiger partial charge in [0.15, 0.2) is 5.16 Å². The van der Waals surface area contributed by atoms with Gasteiger partial charge in [0.25, 0.3) is 0 Å². The smallest absolute Gasteiger partial charge is 0.187 e. The molecular weight excluding hydrogens is 120 g/mol. The standard InChI is InChI=1S/C5H5N2S/c1-8-5-6-3-2-4-7-5/h3-4H,1H3. The van der Waals surface area contributed by atoms with Gasteiger partial charge in [-0.1, -0.05) is 11.8 Å². The third-order valence-corrected chi connectivity index (χ3v) is 1.26. The minimum absolute atomic E-state index is 0.795. The highest BCUT2D eigenvalue weighted by molar-refractivity contribution is 7.98. The molecule has 0 amide bonds. The van der Waals surface area contributed by atoms with E-state index in [-0.39, 0.29) is 0 Å². The lowest BCUT2D eigenvalue weighted by molar-refractivity contribution is 0.967. The molecule has 0 aliphatic heterocycles. The predicted octanol–water partition coefficient (Wildman–Crippen LogP) is 0.999. The van der Waals surface area contributed by atoms with Gasteiger partial charge in [-0.3, -0.25) is 0 Å². The van der Waals surface area contributed by atoms with Crippen LogP contribution < -0.4 is 0 Å². The Bertz CT molecular complexity index is 152. The molecule has 0 unspecified atom stereocenters. The largest absolute Gasteiger partial charge is 0.230 e. The Hall–Kier alpha value is -0.570. The normalized spacial score (nSPS) is 9.12.